The molecule has 0 aromatic heterocycles. The molecule has 31 heavy (non-hydrogen) atoms. The van der Waals surface area contributed by atoms with Gasteiger partial charge in [0.1, 0.15) is 24.4 Å². The molecule has 3 saturated heterocycles. The fourth-order valence-corrected chi connectivity index (χ4v) is 4.32. The number of hydrogen-bond donors (Lipinski definition) is 0. The minimum Gasteiger partial charge on any atom is -0.374 e. The van der Waals surface area contributed by atoms with Crippen molar-refractivity contribution in [3.8, 4) is 0 Å². The maximum Gasteiger partial charge on any atom is 0.291 e. The van der Waals surface area contributed by atoms with Crippen LogP contribution in [0.25, 0.3) is 0 Å². The van der Waals surface area contributed by atoms with Gasteiger partial charge in [0.05, 0.1) is 19.8 Å². The van der Waals surface area contributed by atoms with Gasteiger partial charge < -0.3 is 23.7 Å². The molecule has 3 fully saturated rings. The van der Waals surface area contributed by atoms with Crippen LogP contribution in [0.2, 0.25) is 0 Å². The Labute approximate surface area is 183 Å². The van der Waals surface area contributed by atoms with Gasteiger partial charge in [0, 0.05) is 5.41 Å². The van der Waals surface area contributed by atoms with Crippen LogP contribution in [0.3, 0.4) is 0 Å². The van der Waals surface area contributed by atoms with Crippen molar-refractivity contribution in [1.29, 1.82) is 0 Å². The van der Waals surface area contributed by atoms with Crippen molar-refractivity contribution in [2.24, 2.45) is 5.41 Å². The summed E-state index contributed by atoms with van der Waals surface area (Å²) in [6.45, 7) is 7.50. The quantitative estimate of drug-likeness (QED) is 0.666. The summed E-state index contributed by atoms with van der Waals surface area (Å²) >= 11 is 0. The van der Waals surface area contributed by atoms with Crippen molar-refractivity contribution in [2.45, 2.75) is 70.7 Å². The van der Waals surface area contributed by atoms with Crippen molar-refractivity contribution in [3.63, 3.8) is 0 Å². The number of benzene rings is 2. The number of rotatable bonds is 7. The van der Waals surface area contributed by atoms with Crippen LogP contribution in [0, 0.1) is 5.41 Å². The summed E-state index contributed by atoms with van der Waals surface area (Å²) in [6.07, 6.45) is -1.85. The van der Waals surface area contributed by atoms with E-state index in [9.17, 15) is 0 Å². The van der Waals surface area contributed by atoms with E-state index in [1.807, 2.05) is 81.4 Å². The van der Waals surface area contributed by atoms with Crippen LogP contribution in [0.4, 0.5) is 0 Å². The molecular weight excluding hydrogens is 396 g/mol. The van der Waals surface area contributed by atoms with E-state index in [0.717, 1.165) is 11.1 Å². The fraction of sp³-hybridized carbons (Fsp3) is 0.520. The van der Waals surface area contributed by atoms with Crippen molar-refractivity contribution in [3.05, 3.63) is 71.8 Å². The Balaban J connectivity index is 1.31. The molecule has 5 rings (SSSR count). The molecule has 2 aromatic carbocycles. The first-order chi connectivity index (χ1) is 15.0. The second kappa shape index (κ2) is 8.28. The molecule has 0 aliphatic carbocycles. The molecule has 0 N–H and O–H groups in total. The van der Waals surface area contributed by atoms with E-state index in [-0.39, 0.29) is 29.8 Å². The van der Waals surface area contributed by atoms with Gasteiger partial charge in [-0.25, -0.2) is 0 Å². The first kappa shape index (κ1) is 21.1. The highest BCUT2D eigenvalue weighted by molar-refractivity contribution is 5.14. The topological polar surface area (TPSA) is 55.4 Å². The summed E-state index contributed by atoms with van der Waals surface area (Å²) in [7, 11) is 0. The lowest BCUT2D eigenvalue weighted by molar-refractivity contribution is -0.430. The molecule has 6 heteroatoms. The van der Waals surface area contributed by atoms with Crippen molar-refractivity contribution in [1.82, 2.24) is 0 Å². The van der Waals surface area contributed by atoms with Crippen molar-refractivity contribution in [2.75, 3.05) is 6.61 Å². The summed E-state index contributed by atoms with van der Waals surface area (Å²) in [4.78, 5) is 0. The minimum absolute atomic E-state index is 0.303. The Kier molecular flexibility index (Phi) is 5.63. The van der Waals surface area contributed by atoms with Crippen LogP contribution in [-0.2, 0) is 41.6 Å². The maximum atomic E-state index is 6.46. The van der Waals surface area contributed by atoms with Gasteiger partial charge in [0.15, 0.2) is 6.29 Å². The lowest BCUT2D eigenvalue weighted by atomic mass is 9.91. The van der Waals surface area contributed by atoms with E-state index in [1.54, 1.807) is 0 Å². The molecular formula is C25H30O6. The molecule has 6 atom stereocenters. The Morgan fingerprint density at radius 3 is 2.06 bits per heavy atom. The van der Waals surface area contributed by atoms with Gasteiger partial charge in [-0.1, -0.05) is 81.4 Å². The third-order valence-electron chi connectivity index (χ3n) is 6.04. The zero-order valence-corrected chi connectivity index (χ0v) is 18.2. The van der Waals surface area contributed by atoms with E-state index >= 15 is 0 Å². The second-order valence-electron chi connectivity index (χ2n) is 9.39. The lowest BCUT2D eigenvalue weighted by Gasteiger charge is -2.48. The molecule has 3 bridgehead atoms. The van der Waals surface area contributed by atoms with Crippen LogP contribution in [-0.4, -0.2) is 43.3 Å². The van der Waals surface area contributed by atoms with Crippen LogP contribution in [0.1, 0.15) is 31.9 Å². The van der Waals surface area contributed by atoms with Crippen LogP contribution < -0.4 is 0 Å². The third kappa shape index (κ3) is 4.04. The monoisotopic (exact) mass is 426 g/mol. The second-order valence-corrected chi connectivity index (χ2v) is 9.39. The SMILES string of the molecule is CC(C)(C)C12O[C@H]3O[C@H](COCc4ccccc4)[C@@H](O1)[C@H](OCc1ccccc1)[C@H]3O2. The van der Waals surface area contributed by atoms with Crippen LogP contribution in [0.5, 0.6) is 0 Å². The van der Waals surface area contributed by atoms with E-state index in [1.165, 1.54) is 0 Å². The van der Waals surface area contributed by atoms with Gasteiger partial charge in [-0.3, -0.25) is 4.74 Å². The van der Waals surface area contributed by atoms with E-state index < -0.39 is 12.3 Å². The van der Waals surface area contributed by atoms with E-state index in [4.69, 9.17) is 28.4 Å². The molecule has 0 radical (unpaired) electrons. The molecule has 3 heterocycles. The van der Waals surface area contributed by atoms with Crippen LogP contribution in [0.15, 0.2) is 60.7 Å². The average molecular weight is 427 g/mol. The predicted octanol–water partition coefficient (Wildman–Crippen LogP) is 4.03. The Morgan fingerprint density at radius 1 is 0.806 bits per heavy atom. The summed E-state index contributed by atoms with van der Waals surface area (Å²) in [5.41, 5.74) is 1.83. The zero-order valence-electron chi connectivity index (χ0n) is 18.2. The highest BCUT2D eigenvalue weighted by Gasteiger charge is 2.69. The van der Waals surface area contributed by atoms with Gasteiger partial charge in [-0.05, 0) is 11.1 Å². The maximum absolute atomic E-state index is 6.46. The van der Waals surface area contributed by atoms with Gasteiger partial charge in [-0.15, -0.1) is 0 Å². The highest BCUT2D eigenvalue weighted by atomic mass is 17.0. The normalized spacial score (nSPS) is 34.2. The molecule has 166 valence electrons. The average Bonchev–Trinajstić information content (AvgIpc) is 2.99. The van der Waals surface area contributed by atoms with E-state index in [0.29, 0.717) is 19.8 Å². The van der Waals surface area contributed by atoms with Crippen molar-refractivity contribution >= 4 is 0 Å². The molecule has 0 saturated carbocycles. The van der Waals surface area contributed by atoms with Crippen molar-refractivity contribution < 1.29 is 28.4 Å². The summed E-state index contributed by atoms with van der Waals surface area (Å²) in [5.74, 6) is -1.15. The molecule has 3 aliphatic heterocycles. The number of fused-ring (bicyclic) bond motifs is 2. The lowest BCUT2D eigenvalue weighted by Crippen LogP contribution is -2.64. The third-order valence-corrected chi connectivity index (χ3v) is 6.04. The first-order valence-electron chi connectivity index (χ1n) is 10.9. The minimum atomic E-state index is -1.15. The fourth-order valence-electron chi connectivity index (χ4n) is 4.32. The Hall–Kier alpha value is -1.80. The zero-order chi connectivity index (χ0) is 21.5. The molecule has 1 unspecified atom stereocenters. The summed E-state index contributed by atoms with van der Waals surface area (Å²) in [5, 5.41) is 0. The Morgan fingerprint density at radius 2 is 1.42 bits per heavy atom. The van der Waals surface area contributed by atoms with E-state index in [2.05, 4.69) is 0 Å². The van der Waals surface area contributed by atoms with Crippen LogP contribution >= 0.6 is 0 Å². The molecule has 6 nitrogen and oxygen atoms in total. The Bertz CT molecular complexity index is 867. The molecule has 0 amide bonds. The number of ether oxygens (including phenoxy) is 6. The molecule has 0 spiro atoms. The van der Waals surface area contributed by atoms with Gasteiger partial charge in [0.25, 0.3) is 5.97 Å². The van der Waals surface area contributed by atoms with Gasteiger partial charge in [0.2, 0.25) is 0 Å². The smallest absolute Gasteiger partial charge is 0.291 e. The largest absolute Gasteiger partial charge is 0.374 e. The summed E-state index contributed by atoms with van der Waals surface area (Å²) in [6, 6.07) is 20.2. The van der Waals surface area contributed by atoms with Gasteiger partial charge in [-0.2, -0.15) is 0 Å². The number of hydrogen-bond acceptors (Lipinski definition) is 6. The molecule has 3 aliphatic rings. The summed E-state index contributed by atoms with van der Waals surface area (Å²) < 4.78 is 37.5. The van der Waals surface area contributed by atoms with Gasteiger partial charge >= 0.3 is 0 Å². The first-order valence-corrected chi connectivity index (χ1v) is 10.9. The molecule has 2 aromatic rings. The predicted molar refractivity (Wildman–Crippen MR) is 113 cm³/mol. The standard InChI is InChI=1S/C25H30O6/c1-24(2,3)25-29-20-19(16-26-14-17-10-6-4-7-11-17)28-23(31-25)22(30-25)21(20)27-15-18-12-8-5-9-13-18/h4-13,19-23H,14-16H2,1-3H3/t19-,20-,21+,22-,23-,25?/m1/s1. The highest BCUT2D eigenvalue weighted by Crippen LogP contribution is 2.53.